The van der Waals surface area contributed by atoms with Crippen LogP contribution in [0.5, 0.6) is 0 Å². The molecule has 0 radical (unpaired) electrons. The van der Waals surface area contributed by atoms with Gasteiger partial charge in [0.25, 0.3) is 0 Å². The molecular weight excluding hydrogens is 430 g/mol. The lowest BCUT2D eigenvalue weighted by Crippen LogP contribution is -2.44. The smallest absolute Gasteiger partial charge is 0.114 e. The molecule has 1 rings (SSSR count). The first-order valence-corrected chi connectivity index (χ1v) is 15.1. The van der Waals surface area contributed by atoms with E-state index in [4.69, 9.17) is 0 Å². The van der Waals surface area contributed by atoms with Crippen molar-refractivity contribution in [2.24, 2.45) is 0 Å². The molecule has 0 heterocycles. The molecule has 0 fully saturated rings. The van der Waals surface area contributed by atoms with E-state index in [1.165, 1.54) is 95.5 Å². The predicted octanol–water partition coefficient (Wildman–Crippen LogP) is 7.61. The van der Waals surface area contributed by atoms with Gasteiger partial charge in [-0.1, -0.05) is 114 Å². The van der Waals surface area contributed by atoms with Crippen molar-refractivity contribution in [2.75, 3.05) is 26.4 Å². The lowest BCUT2D eigenvalue weighted by atomic mass is 9.98. The summed E-state index contributed by atoms with van der Waals surface area (Å²) in [7, 11) is 0.336. The van der Waals surface area contributed by atoms with Crippen LogP contribution < -0.4 is 0 Å². The zero-order valence-corrected chi connectivity index (χ0v) is 22.6. The fraction of sp³-hybridized carbons (Fsp3) is 0.786. The molecule has 1 aromatic carbocycles. The number of benzene rings is 1. The van der Waals surface area contributed by atoms with Gasteiger partial charge in [-0.05, 0) is 19.3 Å². The molecule has 0 aliphatic carbocycles. The normalized spacial score (nSPS) is 13.3. The Balaban J connectivity index is 2.24. The lowest BCUT2D eigenvalue weighted by molar-refractivity contribution is -0.921. The number of rotatable bonds is 21. The first-order valence-electron chi connectivity index (χ1n) is 13.6. The number of quaternary nitrogens is 1. The zero-order valence-electron chi connectivity index (χ0n) is 21.8. The quantitative estimate of drug-likeness (QED) is 0.103. The molecule has 33 heavy (non-hydrogen) atoms. The van der Waals surface area contributed by atoms with Crippen molar-refractivity contribution in [3.8, 4) is 0 Å². The van der Waals surface area contributed by atoms with Gasteiger partial charge in [0.2, 0.25) is 0 Å². The number of hydrogen-bond donors (Lipinski definition) is 0. The van der Waals surface area contributed by atoms with Gasteiger partial charge in [-0.3, -0.25) is 0 Å². The third kappa shape index (κ3) is 15.6. The van der Waals surface area contributed by atoms with Gasteiger partial charge in [-0.25, -0.2) is 8.42 Å². The fourth-order valence-corrected chi connectivity index (χ4v) is 5.44. The van der Waals surface area contributed by atoms with Crippen molar-refractivity contribution in [3.63, 3.8) is 0 Å². The van der Waals surface area contributed by atoms with E-state index in [2.05, 4.69) is 33.2 Å². The molecule has 0 bridgehead atoms. The average molecular weight is 482 g/mol. The van der Waals surface area contributed by atoms with Crippen LogP contribution in [0.25, 0.3) is 0 Å². The molecule has 0 amide bonds. The molecule has 0 N–H and O–H groups in total. The molecular formula is C28H51NO3S. The van der Waals surface area contributed by atoms with Crippen LogP contribution >= 0.6 is 0 Å². The third-order valence-electron chi connectivity index (χ3n) is 6.99. The molecule has 0 saturated carbocycles. The van der Waals surface area contributed by atoms with Crippen molar-refractivity contribution < 1.29 is 17.5 Å². The Morgan fingerprint density at radius 3 is 1.64 bits per heavy atom. The molecule has 0 saturated heterocycles. The van der Waals surface area contributed by atoms with Gasteiger partial charge in [0.1, 0.15) is 6.04 Å². The Bertz CT molecular complexity index is 688. The summed E-state index contributed by atoms with van der Waals surface area (Å²) in [6.45, 7) is 3.35. The zero-order chi connectivity index (χ0) is 24.4. The molecule has 0 aliphatic rings. The Kier molecular flexibility index (Phi) is 16.0. The molecule has 192 valence electrons. The molecule has 0 aliphatic heterocycles. The average Bonchev–Trinajstić information content (AvgIpc) is 2.76. The van der Waals surface area contributed by atoms with Crippen LogP contribution in [0.2, 0.25) is 0 Å². The topological polar surface area (TPSA) is 57.2 Å². The third-order valence-corrected chi connectivity index (χ3v) is 7.78. The largest absolute Gasteiger partial charge is 0.748 e. The summed E-state index contributed by atoms with van der Waals surface area (Å²) in [5, 5.41) is 0. The minimum atomic E-state index is -4.15. The number of unbranched alkanes of at least 4 members (excludes halogenated alkanes) is 13. The highest BCUT2D eigenvalue weighted by Gasteiger charge is 2.29. The van der Waals surface area contributed by atoms with Gasteiger partial charge < -0.3 is 9.04 Å². The van der Waals surface area contributed by atoms with Gasteiger partial charge in [0, 0.05) is 17.7 Å². The maximum Gasteiger partial charge on any atom is 0.114 e. The van der Waals surface area contributed by atoms with E-state index in [0.29, 0.717) is 6.42 Å². The van der Waals surface area contributed by atoms with E-state index < -0.39 is 10.1 Å². The lowest BCUT2D eigenvalue weighted by Gasteiger charge is -2.39. The van der Waals surface area contributed by atoms with Crippen molar-refractivity contribution in [1.82, 2.24) is 0 Å². The summed E-state index contributed by atoms with van der Waals surface area (Å²) < 4.78 is 34.0. The Morgan fingerprint density at radius 2 is 1.18 bits per heavy atom. The molecule has 4 nitrogen and oxygen atoms in total. The first kappa shape index (κ1) is 30.1. The van der Waals surface area contributed by atoms with E-state index in [9.17, 15) is 13.0 Å². The Hall–Kier alpha value is -0.910. The molecule has 0 aromatic heterocycles. The second kappa shape index (κ2) is 17.5. The van der Waals surface area contributed by atoms with E-state index >= 15 is 0 Å². The summed E-state index contributed by atoms with van der Waals surface area (Å²) in [4.78, 5) is 0. The van der Waals surface area contributed by atoms with E-state index in [0.717, 1.165) is 17.4 Å². The highest BCUT2D eigenvalue weighted by Crippen LogP contribution is 2.30. The highest BCUT2D eigenvalue weighted by molar-refractivity contribution is 7.85. The SMILES string of the molecule is CCCCCCCCCCCCCCCC[N+](C)(C)C(CCCS(=O)(=O)[O-])c1ccccc1. The van der Waals surface area contributed by atoms with Crippen LogP contribution in [0.3, 0.4) is 0 Å². The Morgan fingerprint density at radius 1 is 0.727 bits per heavy atom. The van der Waals surface area contributed by atoms with Gasteiger partial charge in [0.15, 0.2) is 0 Å². The Labute approximate surface area is 205 Å². The minimum absolute atomic E-state index is 0.218. The van der Waals surface area contributed by atoms with E-state index in [-0.39, 0.29) is 11.8 Å². The maximum absolute atomic E-state index is 11.1. The fourth-order valence-electron chi connectivity index (χ4n) is 4.92. The summed E-state index contributed by atoms with van der Waals surface area (Å²) in [6, 6.07) is 10.6. The standard InChI is InChI=1S/C28H51NO3S/c1-4-5-6-7-8-9-10-11-12-13-14-15-16-20-25-29(2,3)28(24-21-26-33(30,31)32)27-22-18-17-19-23-27/h17-19,22-23,28H,4-16,20-21,24-26H2,1-3H3. The van der Waals surface area contributed by atoms with Gasteiger partial charge >= 0.3 is 0 Å². The van der Waals surface area contributed by atoms with Crippen LogP contribution in [-0.4, -0.2) is 43.8 Å². The van der Waals surface area contributed by atoms with Crippen molar-refractivity contribution in [2.45, 2.75) is 116 Å². The number of nitrogens with zero attached hydrogens (tertiary/aromatic N) is 1. The highest BCUT2D eigenvalue weighted by atomic mass is 32.2. The van der Waals surface area contributed by atoms with Crippen LogP contribution in [0.1, 0.15) is 121 Å². The van der Waals surface area contributed by atoms with Crippen molar-refractivity contribution in [3.05, 3.63) is 35.9 Å². The second-order valence-electron chi connectivity index (χ2n) is 10.4. The number of hydrogen-bond acceptors (Lipinski definition) is 3. The molecule has 0 spiro atoms. The van der Waals surface area contributed by atoms with Crippen molar-refractivity contribution >= 4 is 10.1 Å². The molecule has 5 heteroatoms. The van der Waals surface area contributed by atoms with Gasteiger partial charge in [0.05, 0.1) is 30.8 Å². The van der Waals surface area contributed by atoms with Crippen LogP contribution in [0.4, 0.5) is 0 Å². The minimum Gasteiger partial charge on any atom is -0.748 e. The molecule has 1 aromatic rings. The van der Waals surface area contributed by atoms with Crippen LogP contribution in [0, 0.1) is 0 Å². The second-order valence-corrected chi connectivity index (χ2v) is 12.0. The predicted molar refractivity (Wildman–Crippen MR) is 140 cm³/mol. The van der Waals surface area contributed by atoms with E-state index in [1.54, 1.807) is 0 Å². The summed E-state index contributed by atoms with van der Waals surface area (Å²) in [6.07, 6.45) is 20.2. The van der Waals surface area contributed by atoms with Gasteiger partial charge in [-0.2, -0.15) is 0 Å². The van der Waals surface area contributed by atoms with Crippen molar-refractivity contribution in [1.29, 1.82) is 0 Å². The summed E-state index contributed by atoms with van der Waals surface area (Å²) in [5.74, 6) is -0.269. The van der Waals surface area contributed by atoms with Gasteiger partial charge in [-0.15, -0.1) is 0 Å². The van der Waals surface area contributed by atoms with E-state index in [1.807, 2.05) is 18.2 Å². The van der Waals surface area contributed by atoms with Crippen LogP contribution in [0.15, 0.2) is 30.3 Å². The first-order chi connectivity index (χ1) is 15.8. The van der Waals surface area contributed by atoms with Crippen LogP contribution in [-0.2, 0) is 10.1 Å². The molecule has 1 atom stereocenters. The maximum atomic E-state index is 11.1. The summed E-state index contributed by atoms with van der Waals surface area (Å²) >= 11 is 0. The monoisotopic (exact) mass is 481 g/mol. The molecule has 1 unspecified atom stereocenters. The summed E-state index contributed by atoms with van der Waals surface area (Å²) in [5.41, 5.74) is 1.23.